The van der Waals surface area contributed by atoms with E-state index in [-0.39, 0.29) is 0 Å². The zero-order valence-electron chi connectivity index (χ0n) is 9.08. The van der Waals surface area contributed by atoms with Gasteiger partial charge in [-0.05, 0) is 36.8 Å². The summed E-state index contributed by atoms with van der Waals surface area (Å²) in [5.41, 5.74) is 2.84. The van der Waals surface area contributed by atoms with Gasteiger partial charge in [0.1, 0.15) is 0 Å². The molecule has 0 aliphatic heterocycles. The van der Waals surface area contributed by atoms with Gasteiger partial charge in [-0.1, -0.05) is 35.8 Å². The van der Waals surface area contributed by atoms with E-state index in [9.17, 15) is 4.57 Å². The van der Waals surface area contributed by atoms with E-state index < -0.39 is 7.15 Å². The Labute approximate surface area is 97.4 Å². The first-order chi connectivity index (χ1) is 7.24. The maximum Gasteiger partial charge on any atom is 0.454 e. The molecule has 1 aromatic carbocycles. The molecule has 0 saturated heterocycles. The average molecular weight is 244 g/mol. The maximum atomic E-state index is 10.7. The Kier molecular flexibility index (Phi) is 5.90. The van der Waals surface area contributed by atoms with Crippen LogP contribution >= 0.6 is 18.4 Å². The summed E-state index contributed by atoms with van der Waals surface area (Å²) in [5, 5.41) is 0. The van der Waals surface area contributed by atoms with E-state index in [1.807, 2.05) is 0 Å². The second-order valence-electron chi connectivity index (χ2n) is 3.62. The van der Waals surface area contributed by atoms with Crippen LogP contribution in [-0.4, -0.2) is 6.16 Å². The second kappa shape index (κ2) is 6.98. The van der Waals surface area contributed by atoms with E-state index in [4.69, 9.17) is 11.2 Å². The van der Waals surface area contributed by atoms with E-state index >= 15 is 0 Å². The molecule has 0 aromatic heterocycles. The lowest BCUT2D eigenvalue weighted by Crippen LogP contribution is -1.93. The molecule has 0 aliphatic carbocycles. The van der Waals surface area contributed by atoms with Gasteiger partial charge in [-0.3, -0.25) is 0 Å². The van der Waals surface area contributed by atoms with Crippen molar-refractivity contribution >= 4 is 18.4 Å². The highest BCUT2D eigenvalue weighted by Crippen LogP contribution is 2.27. The standard InChI is InChI=1S/C12H17ClOP/c1-2-11-7-3-4-8-12(11)9-5-6-10-15(13)14/h3-4,7-8H,2,5-6,9-10H2,1H3/q+1. The molecule has 0 spiro atoms. The van der Waals surface area contributed by atoms with Gasteiger partial charge in [-0.2, -0.15) is 0 Å². The van der Waals surface area contributed by atoms with E-state index in [1.165, 1.54) is 11.1 Å². The summed E-state index contributed by atoms with van der Waals surface area (Å²) >= 11 is 5.43. The van der Waals surface area contributed by atoms with Crippen molar-refractivity contribution in [2.75, 3.05) is 6.16 Å². The lowest BCUT2D eigenvalue weighted by Gasteiger charge is -2.05. The first-order valence-corrected chi connectivity index (χ1v) is 7.76. The van der Waals surface area contributed by atoms with Crippen molar-refractivity contribution in [2.45, 2.75) is 32.6 Å². The fraction of sp³-hybridized carbons (Fsp3) is 0.500. The number of unbranched alkanes of at least 4 members (excludes halogenated alkanes) is 1. The molecule has 0 fully saturated rings. The molecule has 15 heavy (non-hydrogen) atoms. The van der Waals surface area contributed by atoms with Gasteiger partial charge >= 0.3 is 7.15 Å². The van der Waals surface area contributed by atoms with Crippen LogP contribution in [0.5, 0.6) is 0 Å². The van der Waals surface area contributed by atoms with Gasteiger partial charge in [0.25, 0.3) is 0 Å². The highest BCUT2D eigenvalue weighted by Gasteiger charge is 2.09. The van der Waals surface area contributed by atoms with E-state index in [0.29, 0.717) is 6.16 Å². The summed E-state index contributed by atoms with van der Waals surface area (Å²) in [4.78, 5) is 0. The highest BCUT2D eigenvalue weighted by molar-refractivity contribution is 7.73. The van der Waals surface area contributed by atoms with Gasteiger partial charge in [0.2, 0.25) is 11.2 Å². The SMILES string of the molecule is CCc1ccccc1CCCC[P+](=O)Cl. The van der Waals surface area contributed by atoms with Crippen LogP contribution in [0.1, 0.15) is 30.9 Å². The maximum absolute atomic E-state index is 10.7. The van der Waals surface area contributed by atoms with Gasteiger partial charge in [0, 0.05) is 0 Å². The third-order valence-electron chi connectivity index (χ3n) is 2.53. The smallest absolute Gasteiger partial charge is 0.0620 e. The van der Waals surface area contributed by atoms with Crippen molar-refractivity contribution in [1.29, 1.82) is 0 Å². The van der Waals surface area contributed by atoms with Crippen LogP contribution < -0.4 is 0 Å². The number of aryl methyl sites for hydroxylation is 2. The first-order valence-electron chi connectivity index (χ1n) is 5.41. The lowest BCUT2D eigenvalue weighted by atomic mass is 10.0. The molecule has 0 radical (unpaired) electrons. The zero-order valence-corrected chi connectivity index (χ0v) is 10.7. The predicted molar refractivity (Wildman–Crippen MR) is 67.1 cm³/mol. The minimum absolute atomic E-state index is 0.644. The molecular weight excluding hydrogens is 227 g/mol. The van der Waals surface area contributed by atoms with E-state index in [2.05, 4.69) is 31.2 Å². The molecule has 1 atom stereocenters. The summed E-state index contributed by atoms with van der Waals surface area (Å²) in [5.74, 6) is 0. The van der Waals surface area contributed by atoms with Crippen LogP contribution in [0.3, 0.4) is 0 Å². The third-order valence-corrected chi connectivity index (χ3v) is 3.70. The predicted octanol–water partition coefficient (Wildman–Crippen LogP) is 4.55. The Morgan fingerprint density at radius 2 is 1.87 bits per heavy atom. The van der Waals surface area contributed by atoms with Crippen molar-refractivity contribution in [1.82, 2.24) is 0 Å². The van der Waals surface area contributed by atoms with Crippen LogP contribution in [0.4, 0.5) is 0 Å². The van der Waals surface area contributed by atoms with Crippen molar-refractivity contribution in [3.05, 3.63) is 35.4 Å². The van der Waals surface area contributed by atoms with Gasteiger partial charge in [-0.25, -0.2) is 0 Å². The van der Waals surface area contributed by atoms with Crippen LogP contribution in [-0.2, 0) is 17.4 Å². The van der Waals surface area contributed by atoms with Crippen molar-refractivity contribution in [3.8, 4) is 0 Å². The molecule has 1 nitrogen and oxygen atoms in total. The topological polar surface area (TPSA) is 17.1 Å². The van der Waals surface area contributed by atoms with Crippen molar-refractivity contribution in [3.63, 3.8) is 0 Å². The lowest BCUT2D eigenvalue weighted by molar-refractivity contribution is 0.593. The third kappa shape index (κ3) is 4.77. The normalized spacial score (nSPS) is 11.5. The quantitative estimate of drug-likeness (QED) is 0.529. The molecule has 3 heteroatoms. The Balaban J connectivity index is 2.39. The van der Waals surface area contributed by atoms with Crippen LogP contribution in [0, 0.1) is 0 Å². The average Bonchev–Trinajstić information content (AvgIpc) is 2.24. The van der Waals surface area contributed by atoms with Crippen LogP contribution in [0.2, 0.25) is 0 Å². The summed E-state index contributed by atoms with van der Waals surface area (Å²) in [7, 11) is -1.47. The molecular formula is C12H17ClOP+. The molecule has 0 N–H and O–H groups in total. The zero-order chi connectivity index (χ0) is 11.1. The molecule has 1 aromatic rings. The number of halogens is 1. The molecule has 0 saturated carbocycles. The Hall–Kier alpha value is -0.390. The Bertz CT molecular complexity index is 325. The minimum Gasteiger partial charge on any atom is -0.0620 e. The van der Waals surface area contributed by atoms with Crippen LogP contribution in [0.25, 0.3) is 0 Å². The highest BCUT2D eigenvalue weighted by atomic mass is 35.7. The fourth-order valence-corrected chi connectivity index (χ4v) is 2.53. The van der Waals surface area contributed by atoms with Gasteiger partial charge in [0.15, 0.2) is 6.16 Å². The summed E-state index contributed by atoms with van der Waals surface area (Å²) in [6.07, 6.45) is 4.83. The second-order valence-corrected chi connectivity index (χ2v) is 5.83. The molecule has 1 rings (SSSR count). The van der Waals surface area contributed by atoms with Gasteiger partial charge in [-0.15, -0.1) is 0 Å². The molecule has 0 aliphatic rings. The number of hydrogen-bond donors (Lipinski definition) is 0. The number of rotatable bonds is 6. The fourth-order valence-electron chi connectivity index (χ4n) is 1.70. The van der Waals surface area contributed by atoms with Crippen LogP contribution in [0.15, 0.2) is 24.3 Å². The molecule has 1 unspecified atom stereocenters. The largest absolute Gasteiger partial charge is 0.454 e. The van der Waals surface area contributed by atoms with Gasteiger partial charge in [0.05, 0.1) is 0 Å². The van der Waals surface area contributed by atoms with E-state index in [1.54, 1.807) is 0 Å². The monoisotopic (exact) mass is 243 g/mol. The molecule has 82 valence electrons. The van der Waals surface area contributed by atoms with Gasteiger partial charge < -0.3 is 0 Å². The van der Waals surface area contributed by atoms with E-state index in [0.717, 1.165) is 25.7 Å². The number of hydrogen-bond acceptors (Lipinski definition) is 1. The summed E-state index contributed by atoms with van der Waals surface area (Å²) in [6.45, 7) is 2.18. The van der Waals surface area contributed by atoms with Crippen molar-refractivity contribution in [2.24, 2.45) is 0 Å². The Morgan fingerprint density at radius 1 is 1.20 bits per heavy atom. The summed E-state index contributed by atoms with van der Waals surface area (Å²) in [6, 6.07) is 8.52. The molecule has 0 heterocycles. The molecule has 0 amide bonds. The molecule has 0 bridgehead atoms. The Morgan fingerprint density at radius 3 is 2.47 bits per heavy atom. The minimum atomic E-state index is -1.47. The number of benzene rings is 1. The van der Waals surface area contributed by atoms with Crippen molar-refractivity contribution < 1.29 is 4.57 Å². The summed E-state index contributed by atoms with van der Waals surface area (Å²) < 4.78 is 10.7. The first kappa shape index (κ1) is 12.7.